The van der Waals surface area contributed by atoms with Gasteiger partial charge in [0.15, 0.2) is 8.32 Å². The van der Waals surface area contributed by atoms with Gasteiger partial charge in [0.2, 0.25) is 0 Å². The van der Waals surface area contributed by atoms with Gasteiger partial charge in [-0.25, -0.2) is 18.0 Å². The van der Waals surface area contributed by atoms with Crippen molar-refractivity contribution in [3.63, 3.8) is 0 Å². The molecule has 1 fully saturated rings. The van der Waals surface area contributed by atoms with Crippen LogP contribution in [0.15, 0.2) is 78.0 Å². The molecule has 1 aromatic heterocycles. The van der Waals surface area contributed by atoms with Crippen LogP contribution >= 0.6 is 0 Å². The molecule has 1 aliphatic heterocycles. The summed E-state index contributed by atoms with van der Waals surface area (Å²) >= 11 is 0. The number of nitrogens with one attached hydrogen (secondary N) is 3. The van der Waals surface area contributed by atoms with Crippen LogP contribution in [0.3, 0.4) is 0 Å². The van der Waals surface area contributed by atoms with Crippen molar-refractivity contribution in [3.05, 3.63) is 84.2 Å². The predicted molar refractivity (Wildman–Crippen MR) is 219 cm³/mol. The highest BCUT2D eigenvalue weighted by atomic mass is 32.2. The first-order valence-corrected chi connectivity index (χ1v) is 23.5. The Morgan fingerprint density at radius 3 is 2.19 bits per heavy atom. The number of sulfonamides is 1. The lowest BCUT2D eigenvalue weighted by Crippen LogP contribution is -2.63. The lowest BCUT2D eigenvalue weighted by Gasteiger charge is -2.55. The van der Waals surface area contributed by atoms with E-state index in [0.717, 1.165) is 36.8 Å². The van der Waals surface area contributed by atoms with E-state index >= 15 is 0 Å². The monoisotopic (exact) mass is 779 g/mol. The zero-order valence-corrected chi connectivity index (χ0v) is 35.3. The van der Waals surface area contributed by atoms with Crippen molar-refractivity contribution in [2.24, 2.45) is 5.41 Å². The number of hydrogen-bond acceptors (Lipinski definition) is 6. The summed E-state index contributed by atoms with van der Waals surface area (Å²) in [6.07, 6.45) is 7.92. The molecule has 3 amide bonds. The molecule has 4 rings (SSSR count). The summed E-state index contributed by atoms with van der Waals surface area (Å²) in [6, 6.07) is 16.3. The van der Waals surface area contributed by atoms with Crippen molar-refractivity contribution < 1.29 is 27.5 Å². The maximum atomic E-state index is 13.4. The molecule has 0 saturated carbocycles. The number of carbonyl (C=O) groups is 2. The highest BCUT2D eigenvalue weighted by Gasteiger charge is 2.62. The van der Waals surface area contributed by atoms with E-state index in [1.165, 1.54) is 12.1 Å². The van der Waals surface area contributed by atoms with Crippen molar-refractivity contribution >= 4 is 41.8 Å². The quantitative estimate of drug-likeness (QED) is 0.0886. The molecule has 3 aromatic rings. The lowest BCUT2D eigenvalue weighted by atomic mass is 9.67. The number of nitrogens with zero attached hydrogens (tertiary/aromatic N) is 2. The summed E-state index contributed by atoms with van der Waals surface area (Å²) in [5.41, 5.74) is 1.24. The number of likely N-dealkylation sites (tertiary alicyclic amines) is 1. The molecule has 1 aliphatic rings. The molecule has 0 radical (unpaired) electrons. The fraction of sp³-hybridized carbons (Fsp3) is 0.537. The number of rotatable bonds is 15. The minimum atomic E-state index is -3.91. The van der Waals surface area contributed by atoms with E-state index in [-0.39, 0.29) is 22.0 Å². The van der Waals surface area contributed by atoms with Gasteiger partial charge in [0, 0.05) is 41.9 Å². The van der Waals surface area contributed by atoms with Crippen molar-refractivity contribution in [3.8, 4) is 0 Å². The Morgan fingerprint density at radius 2 is 1.63 bits per heavy atom. The summed E-state index contributed by atoms with van der Waals surface area (Å²) in [5, 5.41) is 16.4. The molecular formula is C41H61N5O6SSi. The largest absolute Gasteiger partial charge is 0.465 e. The van der Waals surface area contributed by atoms with Crippen LogP contribution in [-0.4, -0.2) is 62.0 Å². The fourth-order valence-corrected chi connectivity index (χ4v) is 9.49. The maximum absolute atomic E-state index is 13.4. The number of anilines is 2. The van der Waals surface area contributed by atoms with E-state index in [1.807, 2.05) is 24.3 Å². The van der Waals surface area contributed by atoms with Gasteiger partial charge >= 0.3 is 12.1 Å². The second-order valence-corrected chi connectivity index (χ2v) is 23.5. The smallest absolute Gasteiger partial charge is 0.408 e. The van der Waals surface area contributed by atoms with Gasteiger partial charge in [0.25, 0.3) is 10.0 Å². The van der Waals surface area contributed by atoms with Gasteiger partial charge in [-0.3, -0.25) is 14.6 Å². The Kier molecular flexibility index (Phi) is 13.7. The Bertz CT molecular complexity index is 1810. The van der Waals surface area contributed by atoms with Crippen LogP contribution < -0.4 is 15.4 Å². The van der Waals surface area contributed by atoms with Crippen molar-refractivity contribution in [2.75, 3.05) is 16.6 Å². The third-order valence-electron chi connectivity index (χ3n) is 11.2. The third-order valence-corrected chi connectivity index (χ3v) is 17.0. The van der Waals surface area contributed by atoms with Crippen LogP contribution in [0.5, 0.6) is 0 Å². The van der Waals surface area contributed by atoms with Gasteiger partial charge in [-0.05, 0) is 97.3 Å². The van der Waals surface area contributed by atoms with E-state index < -0.39 is 41.5 Å². The number of amides is 3. The molecule has 0 unspecified atom stereocenters. The molecule has 0 spiro atoms. The van der Waals surface area contributed by atoms with E-state index in [1.54, 1.807) is 41.6 Å². The zero-order chi connectivity index (χ0) is 40.0. The molecular weight excluding hydrogens is 719 g/mol. The molecule has 0 bridgehead atoms. The fourth-order valence-electron chi connectivity index (χ4n) is 7.15. The van der Waals surface area contributed by atoms with Gasteiger partial charge in [0.1, 0.15) is 0 Å². The molecule has 2 heterocycles. The van der Waals surface area contributed by atoms with Crippen LogP contribution in [0.25, 0.3) is 0 Å². The third kappa shape index (κ3) is 10.0. The van der Waals surface area contributed by atoms with Crippen molar-refractivity contribution in [1.82, 2.24) is 15.2 Å². The van der Waals surface area contributed by atoms with Crippen LogP contribution in [-0.2, 0) is 20.9 Å². The Balaban J connectivity index is 1.51. The minimum absolute atomic E-state index is 0.0572. The summed E-state index contributed by atoms with van der Waals surface area (Å²) in [7, 11) is -6.31. The first-order valence-electron chi connectivity index (χ1n) is 19.1. The lowest BCUT2D eigenvalue weighted by molar-refractivity contribution is -0.0706. The summed E-state index contributed by atoms with van der Waals surface area (Å²) in [4.78, 5) is 31.8. The summed E-state index contributed by atoms with van der Waals surface area (Å²) in [5.74, 6) is 0. The number of carbonyl (C=O) groups excluding carboxylic acids is 1. The predicted octanol–water partition coefficient (Wildman–Crippen LogP) is 9.82. The van der Waals surface area contributed by atoms with Crippen LogP contribution in [0.2, 0.25) is 18.1 Å². The van der Waals surface area contributed by atoms with Crippen molar-refractivity contribution in [2.45, 2.75) is 134 Å². The van der Waals surface area contributed by atoms with Crippen LogP contribution in [0.4, 0.5) is 21.0 Å². The zero-order valence-electron chi connectivity index (χ0n) is 33.5. The SMILES string of the molecule is CCCCCCNC(=O)Nc1ccc(S(=O)(=O)Nc2ccc(C[C@@H]3CC[C@]([C@H](O[Si](C)(C)C(C)(C)C)c4cccnc4)(C(C)(C)C)N3C(=O)O)cc2)cc1. The highest BCUT2D eigenvalue weighted by Crippen LogP contribution is 2.56. The molecule has 1 saturated heterocycles. The second kappa shape index (κ2) is 17.2. The first kappa shape index (κ1) is 42.8. The first-order chi connectivity index (χ1) is 25.2. The Morgan fingerprint density at radius 1 is 0.981 bits per heavy atom. The summed E-state index contributed by atoms with van der Waals surface area (Å²) < 4.78 is 36.4. The standard InChI is InChI=1S/C41H61N5O6SSi/c1-10-11-12-13-27-43-37(47)44-32-20-22-35(23-21-32)53(50,51)45-33-18-16-30(17-19-33)28-34-24-25-41(39(2,3)4,46(34)38(48)49)36(31-15-14-26-42-29-31)52-54(8,9)40(5,6)7/h14-23,26,29,34,36,45H,10-13,24-25,27-28H2,1-9H3,(H,48,49)(H2,43,44,47)/t34-,36+,41-/m0/s1. The van der Waals surface area contributed by atoms with Gasteiger partial charge in [-0.1, -0.05) is 85.9 Å². The molecule has 4 N–H and O–H groups in total. The number of pyridine rings is 1. The number of carboxylic acid groups (broad SMARTS) is 1. The molecule has 0 aliphatic carbocycles. The summed E-state index contributed by atoms with van der Waals surface area (Å²) in [6.45, 7) is 20.0. The van der Waals surface area contributed by atoms with E-state index in [4.69, 9.17) is 4.43 Å². The van der Waals surface area contributed by atoms with Gasteiger partial charge in [0.05, 0.1) is 16.5 Å². The highest BCUT2D eigenvalue weighted by molar-refractivity contribution is 7.92. The average molecular weight is 780 g/mol. The maximum Gasteiger partial charge on any atom is 0.408 e. The topological polar surface area (TPSA) is 150 Å². The normalized spacial score (nSPS) is 18.6. The van der Waals surface area contributed by atoms with Crippen LogP contribution in [0.1, 0.15) is 104 Å². The van der Waals surface area contributed by atoms with E-state index in [9.17, 15) is 23.1 Å². The van der Waals surface area contributed by atoms with Gasteiger partial charge in [-0.2, -0.15) is 0 Å². The molecule has 2 aromatic carbocycles. The van der Waals surface area contributed by atoms with E-state index in [0.29, 0.717) is 37.2 Å². The number of hydrogen-bond donors (Lipinski definition) is 4. The minimum Gasteiger partial charge on any atom is -0.465 e. The van der Waals surface area contributed by atoms with Gasteiger partial charge < -0.3 is 20.2 Å². The number of benzene rings is 2. The van der Waals surface area contributed by atoms with Crippen molar-refractivity contribution in [1.29, 1.82) is 0 Å². The number of urea groups is 1. The van der Waals surface area contributed by atoms with Crippen LogP contribution in [0, 0.1) is 5.41 Å². The molecule has 13 heteroatoms. The number of unbranched alkanes of at least 4 members (excludes halogenated alkanes) is 3. The second-order valence-electron chi connectivity index (χ2n) is 17.0. The van der Waals surface area contributed by atoms with E-state index in [2.05, 4.69) is 81.9 Å². The molecule has 11 nitrogen and oxygen atoms in total. The molecule has 54 heavy (non-hydrogen) atoms. The molecule has 296 valence electrons. The molecule has 3 atom stereocenters. The average Bonchev–Trinajstić information content (AvgIpc) is 3.48. The Labute approximate surface area is 323 Å². The number of aromatic nitrogens is 1. The Hall–Kier alpha value is -3.94. The van der Waals surface area contributed by atoms with Gasteiger partial charge in [-0.15, -0.1) is 0 Å².